The summed E-state index contributed by atoms with van der Waals surface area (Å²) in [5, 5.41) is 3.84. The molecule has 0 radical (unpaired) electrons. The summed E-state index contributed by atoms with van der Waals surface area (Å²) in [6, 6.07) is 0.188. The van der Waals surface area contributed by atoms with Crippen molar-refractivity contribution in [1.82, 2.24) is 5.32 Å². The number of hydrogen-bond acceptors (Lipinski definition) is 2. The summed E-state index contributed by atoms with van der Waals surface area (Å²) in [5.41, 5.74) is 0. The second-order valence-electron chi connectivity index (χ2n) is 3.87. The van der Waals surface area contributed by atoms with Crippen LogP contribution in [-0.2, 0) is 0 Å². The molecule has 1 nitrogen and oxygen atoms in total. The SMILES string of the molecule is CSC1CC(F)C2NCCC2C1. The fourth-order valence-corrected chi connectivity index (χ4v) is 3.31. The van der Waals surface area contributed by atoms with Gasteiger partial charge in [-0.25, -0.2) is 4.39 Å². The maximum Gasteiger partial charge on any atom is 0.117 e. The van der Waals surface area contributed by atoms with Crippen LogP contribution in [-0.4, -0.2) is 30.3 Å². The number of hydrogen-bond donors (Lipinski definition) is 1. The maximum absolute atomic E-state index is 13.5. The molecule has 0 aromatic heterocycles. The van der Waals surface area contributed by atoms with Crippen LogP contribution >= 0.6 is 11.8 Å². The van der Waals surface area contributed by atoms with Gasteiger partial charge in [0.2, 0.25) is 0 Å². The Bertz CT molecular complexity index is 165. The zero-order chi connectivity index (χ0) is 8.55. The Kier molecular flexibility index (Phi) is 2.60. The number of thioether (sulfide) groups is 1. The summed E-state index contributed by atoms with van der Waals surface area (Å²) in [6.45, 7) is 1.02. The zero-order valence-corrected chi connectivity index (χ0v) is 8.24. The van der Waals surface area contributed by atoms with E-state index in [9.17, 15) is 4.39 Å². The number of rotatable bonds is 1. The summed E-state index contributed by atoms with van der Waals surface area (Å²) in [4.78, 5) is 0. The molecule has 2 aliphatic rings. The van der Waals surface area contributed by atoms with Crippen molar-refractivity contribution in [3.63, 3.8) is 0 Å². The molecule has 12 heavy (non-hydrogen) atoms. The van der Waals surface area contributed by atoms with Crippen molar-refractivity contribution in [2.75, 3.05) is 12.8 Å². The average Bonchev–Trinajstić information content (AvgIpc) is 2.52. The lowest BCUT2D eigenvalue weighted by molar-refractivity contribution is 0.172. The molecule has 3 heteroatoms. The molecule has 1 aliphatic heterocycles. The van der Waals surface area contributed by atoms with Crippen molar-refractivity contribution < 1.29 is 4.39 Å². The van der Waals surface area contributed by atoms with Crippen LogP contribution in [0, 0.1) is 5.92 Å². The zero-order valence-electron chi connectivity index (χ0n) is 7.42. The van der Waals surface area contributed by atoms with E-state index in [-0.39, 0.29) is 6.04 Å². The molecule has 1 saturated heterocycles. The lowest BCUT2D eigenvalue weighted by Crippen LogP contribution is -2.43. The van der Waals surface area contributed by atoms with Crippen LogP contribution in [0.5, 0.6) is 0 Å². The fourth-order valence-electron chi connectivity index (χ4n) is 2.49. The molecule has 1 aliphatic carbocycles. The van der Waals surface area contributed by atoms with Crippen molar-refractivity contribution in [2.24, 2.45) is 5.92 Å². The van der Waals surface area contributed by atoms with Crippen LogP contribution < -0.4 is 5.32 Å². The largest absolute Gasteiger partial charge is 0.311 e. The van der Waals surface area contributed by atoms with E-state index in [0.717, 1.165) is 13.0 Å². The van der Waals surface area contributed by atoms with E-state index < -0.39 is 6.17 Å². The minimum Gasteiger partial charge on any atom is -0.311 e. The third-order valence-corrected chi connectivity index (χ3v) is 4.23. The monoisotopic (exact) mass is 189 g/mol. The molecule has 1 N–H and O–H groups in total. The Hall–Kier alpha value is 0.240. The Balaban J connectivity index is 2.00. The van der Waals surface area contributed by atoms with Gasteiger partial charge in [-0.3, -0.25) is 0 Å². The minimum absolute atomic E-state index is 0.188. The van der Waals surface area contributed by atoms with Crippen molar-refractivity contribution in [1.29, 1.82) is 0 Å². The third-order valence-electron chi connectivity index (χ3n) is 3.18. The highest BCUT2D eigenvalue weighted by atomic mass is 32.2. The van der Waals surface area contributed by atoms with Gasteiger partial charge in [0.1, 0.15) is 6.17 Å². The fraction of sp³-hybridized carbons (Fsp3) is 1.00. The Labute approximate surface area is 77.5 Å². The molecule has 1 heterocycles. The van der Waals surface area contributed by atoms with Crippen molar-refractivity contribution in [3.8, 4) is 0 Å². The quantitative estimate of drug-likeness (QED) is 0.675. The van der Waals surface area contributed by atoms with E-state index in [1.807, 2.05) is 11.8 Å². The van der Waals surface area contributed by atoms with E-state index in [1.165, 1.54) is 12.8 Å². The predicted octanol–water partition coefficient (Wildman–Crippen LogP) is 1.83. The summed E-state index contributed by atoms with van der Waals surface area (Å²) in [7, 11) is 0. The second kappa shape index (κ2) is 3.54. The molecule has 4 atom stereocenters. The van der Waals surface area contributed by atoms with Gasteiger partial charge in [0, 0.05) is 11.3 Å². The Morgan fingerprint density at radius 2 is 2.25 bits per heavy atom. The molecule has 0 aromatic rings. The van der Waals surface area contributed by atoms with Crippen LogP contribution in [0.3, 0.4) is 0 Å². The summed E-state index contributed by atoms with van der Waals surface area (Å²) in [6.07, 6.45) is 4.67. The van der Waals surface area contributed by atoms with Gasteiger partial charge in [0.05, 0.1) is 0 Å². The lowest BCUT2D eigenvalue weighted by Gasteiger charge is -2.33. The third kappa shape index (κ3) is 1.49. The van der Waals surface area contributed by atoms with E-state index in [1.54, 1.807) is 0 Å². The number of fused-ring (bicyclic) bond motifs is 1. The molecule has 70 valence electrons. The van der Waals surface area contributed by atoms with E-state index in [0.29, 0.717) is 11.2 Å². The number of halogens is 1. The summed E-state index contributed by atoms with van der Waals surface area (Å²) in [5.74, 6) is 0.617. The van der Waals surface area contributed by atoms with Gasteiger partial charge in [0.15, 0.2) is 0 Å². The number of alkyl halides is 1. The van der Waals surface area contributed by atoms with E-state index in [2.05, 4.69) is 11.6 Å². The molecule has 4 unspecified atom stereocenters. The van der Waals surface area contributed by atoms with Gasteiger partial charge >= 0.3 is 0 Å². The molecule has 2 rings (SSSR count). The van der Waals surface area contributed by atoms with Gasteiger partial charge in [-0.15, -0.1) is 0 Å². The van der Waals surface area contributed by atoms with Gasteiger partial charge in [-0.1, -0.05) is 0 Å². The average molecular weight is 189 g/mol. The highest BCUT2D eigenvalue weighted by Gasteiger charge is 2.40. The molecule has 2 fully saturated rings. The first-order valence-corrected chi connectivity index (χ1v) is 6.00. The molecule has 0 spiro atoms. The predicted molar refractivity (Wildman–Crippen MR) is 51.3 cm³/mol. The van der Waals surface area contributed by atoms with Crippen LogP contribution in [0.4, 0.5) is 4.39 Å². The topological polar surface area (TPSA) is 12.0 Å². The first kappa shape index (κ1) is 8.82. The highest BCUT2D eigenvalue weighted by molar-refractivity contribution is 7.99. The molecular formula is C9H16FNS. The maximum atomic E-state index is 13.5. The standard InChI is InChI=1S/C9H16FNS/c1-12-7-4-6-2-3-11-9(6)8(10)5-7/h6-9,11H,2-5H2,1H3. The number of nitrogens with one attached hydrogen (secondary N) is 1. The molecule has 0 amide bonds. The molecule has 0 aromatic carbocycles. The minimum atomic E-state index is -0.594. The molecule has 1 saturated carbocycles. The van der Waals surface area contributed by atoms with E-state index >= 15 is 0 Å². The smallest absolute Gasteiger partial charge is 0.117 e. The Morgan fingerprint density at radius 3 is 3.00 bits per heavy atom. The van der Waals surface area contributed by atoms with Crippen LogP contribution in [0.25, 0.3) is 0 Å². The summed E-state index contributed by atoms with van der Waals surface area (Å²) >= 11 is 1.83. The van der Waals surface area contributed by atoms with Gasteiger partial charge in [-0.05, 0) is 38.0 Å². The summed E-state index contributed by atoms with van der Waals surface area (Å²) < 4.78 is 13.5. The van der Waals surface area contributed by atoms with Crippen LogP contribution in [0.15, 0.2) is 0 Å². The normalized spacial score (nSPS) is 47.5. The van der Waals surface area contributed by atoms with Gasteiger partial charge in [-0.2, -0.15) is 11.8 Å². The van der Waals surface area contributed by atoms with Crippen LogP contribution in [0.2, 0.25) is 0 Å². The Morgan fingerprint density at radius 1 is 1.42 bits per heavy atom. The van der Waals surface area contributed by atoms with E-state index in [4.69, 9.17) is 0 Å². The molecular weight excluding hydrogens is 173 g/mol. The van der Waals surface area contributed by atoms with Gasteiger partial charge in [0.25, 0.3) is 0 Å². The highest BCUT2D eigenvalue weighted by Crippen LogP contribution is 2.37. The van der Waals surface area contributed by atoms with Crippen LogP contribution in [0.1, 0.15) is 19.3 Å². The first-order chi connectivity index (χ1) is 5.81. The molecule has 0 bridgehead atoms. The first-order valence-electron chi connectivity index (χ1n) is 4.71. The van der Waals surface area contributed by atoms with Crippen molar-refractivity contribution in [2.45, 2.75) is 36.7 Å². The van der Waals surface area contributed by atoms with Crippen molar-refractivity contribution in [3.05, 3.63) is 0 Å². The van der Waals surface area contributed by atoms with Gasteiger partial charge < -0.3 is 5.32 Å². The lowest BCUT2D eigenvalue weighted by atomic mass is 9.84. The van der Waals surface area contributed by atoms with Crippen molar-refractivity contribution >= 4 is 11.8 Å². The second-order valence-corrected chi connectivity index (χ2v) is 5.01.